The summed E-state index contributed by atoms with van der Waals surface area (Å²) in [7, 11) is 1.37. The number of amides is 1. The number of hydrogen-bond donors (Lipinski definition) is 1. The Morgan fingerprint density at radius 1 is 1.04 bits per heavy atom. The van der Waals surface area contributed by atoms with Crippen LogP contribution in [0.3, 0.4) is 0 Å². The molecule has 274 valence electrons. The van der Waals surface area contributed by atoms with Crippen LogP contribution >= 0.6 is 22.9 Å². The number of methoxy groups -OCH3 is 1. The summed E-state index contributed by atoms with van der Waals surface area (Å²) in [6.45, 7) is 7.01. The molecule has 7 rings (SSSR count). The molecule has 1 N–H and O–H groups in total. The zero-order valence-corrected chi connectivity index (χ0v) is 31.0. The van der Waals surface area contributed by atoms with Crippen LogP contribution in [0.5, 0.6) is 0 Å². The molecule has 5 heterocycles. The van der Waals surface area contributed by atoms with Crippen molar-refractivity contribution in [3.63, 3.8) is 0 Å². The highest BCUT2D eigenvalue weighted by Crippen LogP contribution is 2.45. The van der Waals surface area contributed by atoms with E-state index in [9.17, 15) is 23.5 Å². The minimum atomic E-state index is -2.84. The Kier molecular flexibility index (Phi) is 9.70. The summed E-state index contributed by atoms with van der Waals surface area (Å²) in [6.07, 6.45) is -0.323. The average Bonchev–Trinajstić information content (AvgIpc) is 3.68. The van der Waals surface area contributed by atoms with Crippen molar-refractivity contribution < 1.29 is 33.0 Å². The molecule has 0 spiro atoms. The Labute approximate surface area is 308 Å². The molecule has 0 aliphatic carbocycles. The van der Waals surface area contributed by atoms with Gasteiger partial charge in [0.25, 0.3) is 0 Å². The third-order valence-corrected chi connectivity index (χ3v) is 11.1. The Bertz CT molecular complexity index is 2150. The second-order valence-corrected chi connectivity index (χ2v) is 15.8. The van der Waals surface area contributed by atoms with Gasteiger partial charge in [0.2, 0.25) is 0 Å². The molecule has 1 amide bonds. The van der Waals surface area contributed by atoms with Crippen LogP contribution in [0.2, 0.25) is 5.02 Å². The van der Waals surface area contributed by atoms with E-state index < -0.39 is 24.2 Å². The second kappa shape index (κ2) is 14.0. The summed E-state index contributed by atoms with van der Waals surface area (Å²) in [4.78, 5) is 38.4. The number of ether oxygens (including phenoxy) is 2. The van der Waals surface area contributed by atoms with Crippen LogP contribution in [0.1, 0.15) is 69.0 Å². The minimum Gasteiger partial charge on any atom is -0.479 e. The van der Waals surface area contributed by atoms with Gasteiger partial charge >= 0.3 is 18.6 Å². The molecule has 15 heteroatoms. The fraction of sp³-hybridized carbons (Fsp3) is 0.432. The van der Waals surface area contributed by atoms with E-state index in [0.717, 1.165) is 14.9 Å². The maximum Gasteiger partial charge on any atom is 0.409 e. The first kappa shape index (κ1) is 36.1. The summed E-state index contributed by atoms with van der Waals surface area (Å²) in [5.41, 5.74) is 4.22. The predicted octanol–water partition coefficient (Wildman–Crippen LogP) is 8.30. The lowest BCUT2D eigenvalue weighted by molar-refractivity contribution is -0.160. The van der Waals surface area contributed by atoms with Crippen molar-refractivity contribution in [1.82, 2.24) is 29.5 Å². The highest BCUT2D eigenvalue weighted by molar-refractivity contribution is 7.22. The third-order valence-electron chi connectivity index (χ3n) is 9.73. The molecular weight excluding hydrogens is 714 g/mol. The van der Waals surface area contributed by atoms with Crippen LogP contribution in [0.25, 0.3) is 43.1 Å². The number of rotatable bonds is 8. The van der Waals surface area contributed by atoms with Crippen LogP contribution in [-0.2, 0) is 14.3 Å². The van der Waals surface area contributed by atoms with Crippen LogP contribution in [0.4, 0.5) is 13.6 Å². The first-order chi connectivity index (χ1) is 24.7. The van der Waals surface area contributed by atoms with E-state index in [1.165, 1.54) is 18.4 Å². The molecule has 5 aromatic rings. The number of aliphatic carboxylic acids is 1. The normalized spacial score (nSPS) is 16.9. The number of carbonyl (C=O) groups excluding carboxylic acids is 1. The molecule has 2 aliphatic rings. The molecule has 2 aromatic carbocycles. The zero-order valence-electron chi connectivity index (χ0n) is 29.4. The largest absolute Gasteiger partial charge is 0.479 e. The van der Waals surface area contributed by atoms with E-state index in [-0.39, 0.29) is 18.1 Å². The molecule has 0 radical (unpaired) electrons. The Balaban J connectivity index is 1.28. The van der Waals surface area contributed by atoms with Gasteiger partial charge in [0.1, 0.15) is 16.0 Å². The number of aromatic nitrogens is 4. The van der Waals surface area contributed by atoms with Gasteiger partial charge in [-0.3, -0.25) is 4.90 Å². The number of likely N-dealkylation sites (tertiary alicyclic amines) is 2. The number of carbonyl (C=O) groups is 2. The van der Waals surface area contributed by atoms with Gasteiger partial charge in [-0.15, -0.1) is 11.3 Å². The molecule has 2 saturated heterocycles. The van der Waals surface area contributed by atoms with Crippen molar-refractivity contribution in [2.24, 2.45) is 0 Å². The third kappa shape index (κ3) is 6.84. The molecule has 0 saturated carbocycles. The van der Waals surface area contributed by atoms with E-state index in [4.69, 9.17) is 31.0 Å². The Hall–Kier alpha value is -4.24. The summed E-state index contributed by atoms with van der Waals surface area (Å²) in [5, 5.41) is 15.8. The standard InChI is InChI=1S/C37H39ClF2N6O5S/c1-19-16-26-32(28(20-6-8-22(38)9-7-20)27(19)31(34(47)48)51-37(2,3)4)52-33(42-26)25-11-10-24-29(41-25)30(46(43-24)35(39)40)21-12-14-44(15-13-21)23-17-45(18-23)36(49)50-5/h6-11,16,21,23,31,35H,12-15,17-18H2,1-5H3,(H,47,48). The molecular formula is C37H39ClF2N6O5S. The summed E-state index contributed by atoms with van der Waals surface area (Å²) >= 11 is 7.60. The van der Waals surface area contributed by atoms with E-state index in [1.54, 1.807) is 29.2 Å². The number of piperidine rings is 1. The fourth-order valence-electron chi connectivity index (χ4n) is 7.30. The predicted molar refractivity (Wildman–Crippen MR) is 195 cm³/mol. The summed E-state index contributed by atoms with van der Waals surface area (Å²) < 4.78 is 41.4. The van der Waals surface area contributed by atoms with E-state index in [1.807, 2.05) is 45.9 Å². The molecule has 0 bridgehead atoms. The van der Waals surface area contributed by atoms with Crippen molar-refractivity contribution in [3.8, 4) is 21.8 Å². The fourth-order valence-corrected chi connectivity index (χ4v) is 8.52. The molecule has 2 fully saturated rings. The number of alkyl halides is 2. The maximum absolute atomic E-state index is 14.5. The van der Waals surface area contributed by atoms with Crippen molar-refractivity contribution in [2.75, 3.05) is 33.3 Å². The summed E-state index contributed by atoms with van der Waals surface area (Å²) in [6, 6.07) is 12.7. The van der Waals surface area contributed by atoms with Crippen molar-refractivity contribution in [3.05, 3.63) is 64.3 Å². The quantitative estimate of drug-likeness (QED) is 0.167. The van der Waals surface area contributed by atoms with Crippen molar-refractivity contribution in [2.45, 2.75) is 70.8 Å². The minimum absolute atomic E-state index is 0.192. The lowest BCUT2D eigenvalue weighted by atomic mass is 9.91. The first-order valence-corrected chi connectivity index (χ1v) is 18.3. The number of hydrogen-bond acceptors (Lipinski definition) is 9. The molecule has 1 atom stereocenters. The number of carboxylic acid groups (broad SMARTS) is 1. The van der Waals surface area contributed by atoms with Crippen molar-refractivity contribution >= 4 is 56.3 Å². The molecule has 3 aromatic heterocycles. The van der Waals surface area contributed by atoms with Gasteiger partial charge in [-0.2, -0.15) is 13.9 Å². The van der Waals surface area contributed by atoms with Gasteiger partial charge in [0.05, 0.1) is 34.3 Å². The van der Waals surface area contributed by atoms with Crippen LogP contribution < -0.4 is 0 Å². The summed E-state index contributed by atoms with van der Waals surface area (Å²) in [5.74, 6) is -1.31. The number of pyridine rings is 1. The SMILES string of the molecule is COC(=O)N1CC(N2CCC(c3c4nc(-c5nc6cc(C)c(C(OC(C)(C)C)C(=O)O)c(-c7ccc(Cl)cc7)c6s5)ccc4nn3C(F)F)CC2)C1. The number of aryl methyl sites for hydroxylation is 1. The van der Waals surface area contributed by atoms with Gasteiger partial charge < -0.3 is 19.5 Å². The second-order valence-electron chi connectivity index (χ2n) is 14.3. The van der Waals surface area contributed by atoms with Crippen LogP contribution in [-0.4, -0.2) is 91.6 Å². The van der Waals surface area contributed by atoms with Gasteiger partial charge in [-0.25, -0.2) is 24.2 Å². The van der Waals surface area contributed by atoms with Gasteiger partial charge in [0.15, 0.2) is 6.10 Å². The van der Waals surface area contributed by atoms with Gasteiger partial charge in [-0.1, -0.05) is 23.7 Å². The average molecular weight is 753 g/mol. The lowest BCUT2D eigenvalue weighted by Crippen LogP contribution is -2.62. The number of carboxylic acids is 1. The number of nitrogens with zero attached hydrogens (tertiary/aromatic N) is 6. The number of benzene rings is 2. The molecule has 11 nitrogen and oxygen atoms in total. The van der Waals surface area contributed by atoms with Crippen LogP contribution in [0, 0.1) is 6.92 Å². The number of thiazole rings is 1. The first-order valence-electron chi connectivity index (χ1n) is 17.1. The van der Waals surface area contributed by atoms with E-state index in [2.05, 4.69) is 10.00 Å². The van der Waals surface area contributed by atoms with E-state index in [0.29, 0.717) is 93.7 Å². The van der Waals surface area contributed by atoms with Gasteiger partial charge in [0, 0.05) is 41.2 Å². The zero-order chi connectivity index (χ0) is 37.1. The highest BCUT2D eigenvalue weighted by Gasteiger charge is 2.38. The molecule has 1 unspecified atom stereocenters. The molecule has 52 heavy (non-hydrogen) atoms. The monoisotopic (exact) mass is 752 g/mol. The van der Waals surface area contributed by atoms with Crippen LogP contribution in [0.15, 0.2) is 42.5 Å². The Morgan fingerprint density at radius 3 is 2.35 bits per heavy atom. The Morgan fingerprint density at radius 2 is 1.73 bits per heavy atom. The number of fused-ring (bicyclic) bond motifs is 2. The maximum atomic E-state index is 14.5. The lowest BCUT2D eigenvalue weighted by Gasteiger charge is -2.46. The van der Waals surface area contributed by atoms with E-state index >= 15 is 0 Å². The number of halogens is 3. The smallest absolute Gasteiger partial charge is 0.409 e. The van der Waals surface area contributed by atoms with Gasteiger partial charge in [-0.05, 0) is 95.1 Å². The van der Waals surface area contributed by atoms with Crippen molar-refractivity contribution in [1.29, 1.82) is 0 Å². The topological polar surface area (TPSA) is 123 Å². The molecule has 2 aliphatic heterocycles. The highest BCUT2D eigenvalue weighted by atomic mass is 35.5.